The van der Waals surface area contributed by atoms with E-state index in [2.05, 4.69) is 0 Å². The SMILES string of the molecule is COc1ccc(CCC(=O)OC2CCCCC2)c(OC)c1OC. The highest BCUT2D eigenvalue weighted by molar-refractivity contribution is 5.70. The normalized spacial score (nSPS) is 15.1. The smallest absolute Gasteiger partial charge is 0.306 e. The Morgan fingerprint density at radius 1 is 1.00 bits per heavy atom. The molecule has 0 saturated heterocycles. The van der Waals surface area contributed by atoms with E-state index in [9.17, 15) is 4.79 Å². The molecule has 0 N–H and O–H groups in total. The first kappa shape index (κ1) is 17.4. The summed E-state index contributed by atoms with van der Waals surface area (Å²) in [7, 11) is 4.74. The minimum absolute atomic E-state index is 0.101. The van der Waals surface area contributed by atoms with Crippen LogP contribution in [0.25, 0.3) is 0 Å². The monoisotopic (exact) mass is 322 g/mol. The topological polar surface area (TPSA) is 54.0 Å². The molecule has 0 spiro atoms. The number of hydrogen-bond donors (Lipinski definition) is 0. The van der Waals surface area contributed by atoms with E-state index < -0.39 is 0 Å². The molecule has 1 saturated carbocycles. The number of esters is 1. The highest BCUT2D eigenvalue weighted by Gasteiger charge is 2.19. The fourth-order valence-electron chi connectivity index (χ4n) is 3.02. The fraction of sp³-hybridized carbons (Fsp3) is 0.611. The quantitative estimate of drug-likeness (QED) is 0.719. The maximum absolute atomic E-state index is 12.0. The van der Waals surface area contributed by atoms with Gasteiger partial charge < -0.3 is 18.9 Å². The summed E-state index contributed by atoms with van der Waals surface area (Å²) in [5, 5.41) is 0. The van der Waals surface area contributed by atoms with Crippen LogP contribution in [-0.4, -0.2) is 33.4 Å². The van der Waals surface area contributed by atoms with Crippen molar-refractivity contribution < 1.29 is 23.7 Å². The molecular weight excluding hydrogens is 296 g/mol. The Morgan fingerprint density at radius 3 is 2.30 bits per heavy atom. The zero-order valence-electron chi connectivity index (χ0n) is 14.2. The number of methoxy groups -OCH3 is 3. The van der Waals surface area contributed by atoms with Crippen molar-refractivity contribution in [2.24, 2.45) is 0 Å². The van der Waals surface area contributed by atoms with E-state index in [1.165, 1.54) is 6.42 Å². The highest BCUT2D eigenvalue weighted by atomic mass is 16.5. The molecule has 0 unspecified atom stereocenters. The summed E-state index contributed by atoms with van der Waals surface area (Å²) in [6, 6.07) is 3.72. The molecule has 128 valence electrons. The Bertz CT molecular complexity index is 520. The van der Waals surface area contributed by atoms with E-state index >= 15 is 0 Å². The van der Waals surface area contributed by atoms with Crippen LogP contribution in [0.2, 0.25) is 0 Å². The summed E-state index contributed by atoms with van der Waals surface area (Å²) in [4.78, 5) is 12.0. The largest absolute Gasteiger partial charge is 0.493 e. The van der Waals surface area contributed by atoms with Crippen molar-refractivity contribution in [2.45, 2.75) is 51.0 Å². The van der Waals surface area contributed by atoms with Gasteiger partial charge in [-0.3, -0.25) is 4.79 Å². The van der Waals surface area contributed by atoms with Crippen LogP contribution in [0, 0.1) is 0 Å². The lowest BCUT2D eigenvalue weighted by Gasteiger charge is -2.22. The molecule has 0 atom stereocenters. The van der Waals surface area contributed by atoms with Gasteiger partial charge >= 0.3 is 5.97 Å². The molecule has 0 aliphatic heterocycles. The standard InChI is InChI=1S/C18H26O5/c1-20-15-11-9-13(17(21-2)18(15)22-3)10-12-16(19)23-14-7-5-4-6-8-14/h9,11,14H,4-8,10,12H2,1-3H3. The molecule has 0 radical (unpaired) electrons. The number of carbonyl (C=O) groups is 1. The number of ether oxygens (including phenoxy) is 4. The minimum Gasteiger partial charge on any atom is -0.493 e. The molecular formula is C18H26O5. The molecule has 23 heavy (non-hydrogen) atoms. The zero-order valence-corrected chi connectivity index (χ0v) is 14.2. The Balaban J connectivity index is 1.97. The van der Waals surface area contributed by atoms with E-state index in [1.807, 2.05) is 12.1 Å². The van der Waals surface area contributed by atoms with Gasteiger partial charge in [0.1, 0.15) is 6.10 Å². The van der Waals surface area contributed by atoms with Crippen molar-refractivity contribution in [3.63, 3.8) is 0 Å². The number of carbonyl (C=O) groups excluding carboxylic acids is 1. The lowest BCUT2D eigenvalue weighted by Crippen LogP contribution is -2.21. The van der Waals surface area contributed by atoms with Crippen LogP contribution in [-0.2, 0) is 16.0 Å². The first-order chi connectivity index (χ1) is 11.2. The number of aryl methyl sites for hydroxylation is 1. The third-order valence-corrected chi connectivity index (χ3v) is 4.23. The molecule has 1 aromatic carbocycles. The van der Waals surface area contributed by atoms with Crippen LogP contribution in [0.4, 0.5) is 0 Å². The summed E-state index contributed by atoms with van der Waals surface area (Å²) in [5.74, 6) is 1.62. The van der Waals surface area contributed by atoms with E-state index in [0.717, 1.165) is 31.2 Å². The molecule has 1 aliphatic carbocycles. The van der Waals surface area contributed by atoms with Crippen molar-refractivity contribution in [3.8, 4) is 17.2 Å². The third kappa shape index (κ3) is 4.53. The van der Waals surface area contributed by atoms with E-state index in [4.69, 9.17) is 18.9 Å². The molecule has 1 aromatic rings. The molecule has 1 fully saturated rings. The molecule has 0 amide bonds. The Morgan fingerprint density at radius 2 is 1.70 bits per heavy atom. The molecule has 5 heteroatoms. The summed E-state index contributed by atoms with van der Waals surface area (Å²) in [6.07, 6.45) is 6.53. The first-order valence-corrected chi connectivity index (χ1v) is 8.17. The summed E-state index contributed by atoms with van der Waals surface area (Å²) >= 11 is 0. The zero-order chi connectivity index (χ0) is 16.7. The predicted octanol–water partition coefficient (Wildman–Crippen LogP) is 3.52. The molecule has 0 heterocycles. The lowest BCUT2D eigenvalue weighted by molar-refractivity contribution is -0.150. The number of benzene rings is 1. The van der Waals surface area contributed by atoms with Crippen LogP contribution in [0.3, 0.4) is 0 Å². The van der Waals surface area contributed by atoms with E-state index in [0.29, 0.717) is 30.1 Å². The Labute approximate surface area is 137 Å². The van der Waals surface area contributed by atoms with Crippen LogP contribution in [0.5, 0.6) is 17.2 Å². The lowest BCUT2D eigenvalue weighted by atomic mass is 9.98. The average molecular weight is 322 g/mol. The first-order valence-electron chi connectivity index (χ1n) is 8.17. The minimum atomic E-state index is -0.145. The summed E-state index contributed by atoms with van der Waals surface area (Å²) < 4.78 is 21.6. The average Bonchev–Trinajstić information content (AvgIpc) is 2.59. The molecule has 2 rings (SSSR count). The van der Waals surface area contributed by atoms with Gasteiger partial charge in [-0.15, -0.1) is 0 Å². The summed E-state index contributed by atoms with van der Waals surface area (Å²) in [6.45, 7) is 0. The van der Waals surface area contributed by atoms with Crippen LogP contribution in [0.15, 0.2) is 12.1 Å². The van der Waals surface area contributed by atoms with Gasteiger partial charge in [0.2, 0.25) is 5.75 Å². The second-order valence-corrected chi connectivity index (χ2v) is 5.74. The van der Waals surface area contributed by atoms with Gasteiger partial charge in [-0.25, -0.2) is 0 Å². The molecule has 1 aliphatic rings. The maximum Gasteiger partial charge on any atom is 0.306 e. The van der Waals surface area contributed by atoms with Gasteiger partial charge in [-0.1, -0.05) is 12.5 Å². The van der Waals surface area contributed by atoms with Crippen molar-refractivity contribution in [1.29, 1.82) is 0 Å². The molecule has 0 aromatic heterocycles. The van der Waals surface area contributed by atoms with E-state index in [1.54, 1.807) is 21.3 Å². The molecule has 0 bridgehead atoms. The van der Waals surface area contributed by atoms with Gasteiger partial charge in [0.25, 0.3) is 0 Å². The third-order valence-electron chi connectivity index (χ3n) is 4.23. The van der Waals surface area contributed by atoms with Crippen molar-refractivity contribution in [1.82, 2.24) is 0 Å². The number of hydrogen-bond acceptors (Lipinski definition) is 5. The van der Waals surface area contributed by atoms with Crippen LogP contribution in [0.1, 0.15) is 44.1 Å². The van der Waals surface area contributed by atoms with Gasteiger partial charge in [-0.05, 0) is 43.7 Å². The second kappa shape index (κ2) is 8.65. The molecule has 5 nitrogen and oxygen atoms in total. The van der Waals surface area contributed by atoms with Crippen LogP contribution >= 0.6 is 0 Å². The van der Waals surface area contributed by atoms with Crippen molar-refractivity contribution >= 4 is 5.97 Å². The van der Waals surface area contributed by atoms with Gasteiger partial charge in [0.15, 0.2) is 11.5 Å². The van der Waals surface area contributed by atoms with Crippen LogP contribution < -0.4 is 14.2 Å². The fourth-order valence-corrected chi connectivity index (χ4v) is 3.02. The Kier molecular flexibility index (Phi) is 6.56. The predicted molar refractivity (Wildman–Crippen MR) is 87.4 cm³/mol. The van der Waals surface area contributed by atoms with Gasteiger partial charge in [-0.2, -0.15) is 0 Å². The van der Waals surface area contributed by atoms with Crippen molar-refractivity contribution in [2.75, 3.05) is 21.3 Å². The second-order valence-electron chi connectivity index (χ2n) is 5.74. The maximum atomic E-state index is 12.0. The highest BCUT2D eigenvalue weighted by Crippen LogP contribution is 2.40. The van der Waals surface area contributed by atoms with Gasteiger partial charge in [0, 0.05) is 6.42 Å². The summed E-state index contributed by atoms with van der Waals surface area (Å²) in [5.41, 5.74) is 0.908. The van der Waals surface area contributed by atoms with Gasteiger partial charge in [0.05, 0.1) is 21.3 Å². The van der Waals surface area contributed by atoms with Crippen molar-refractivity contribution in [3.05, 3.63) is 17.7 Å². The Hall–Kier alpha value is -1.91. The number of rotatable bonds is 7. The van der Waals surface area contributed by atoms with E-state index in [-0.39, 0.29) is 12.1 Å².